The fraction of sp³-hybridized carbons (Fsp3) is 1.00. The van der Waals surface area contributed by atoms with E-state index in [0.29, 0.717) is 13.2 Å². The average Bonchev–Trinajstić information content (AvgIpc) is 2.68. The number of hydrogen-bond donors (Lipinski definition) is 2. The Labute approximate surface area is 112 Å². The van der Waals surface area contributed by atoms with Gasteiger partial charge in [0.2, 0.25) is 0 Å². The zero-order chi connectivity index (χ0) is 13.3. The van der Waals surface area contributed by atoms with Gasteiger partial charge in [0.05, 0.1) is 6.10 Å². The first-order chi connectivity index (χ1) is 8.69. The zero-order valence-electron chi connectivity index (χ0n) is 12.2. The Morgan fingerprint density at radius 2 is 1.83 bits per heavy atom. The van der Waals surface area contributed by atoms with Gasteiger partial charge in [0.15, 0.2) is 0 Å². The number of rotatable bonds is 10. The Morgan fingerprint density at radius 3 is 2.44 bits per heavy atom. The molecule has 0 aromatic heterocycles. The summed E-state index contributed by atoms with van der Waals surface area (Å²) in [4.78, 5) is 0. The summed E-state index contributed by atoms with van der Waals surface area (Å²) in [6.07, 6.45) is 10.1. The molecule has 1 fully saturated rings. The largest absolute Gasteiger partial charge is 0.386 e. The maximum Gasteiger partial charge on any atom is 0.105 e. The Balaban J connectivity index is 1.89. The van der Waals surface area contributed by atoms with Gasteiger partial charge in [0.25, 0.3) is 0 Å². The van der Waals surface area contributed by atoms with E-state index in [4.69, 9.17) is 4.74 Å². The lowest BCUT2D eigenvalue weighted by atomic mass is 9.97. The van der Waals surface area contributed by atoms with Crippen molar-refractivity contribution < 1.29 is 9.84 Å². The van der Waals surface area contributed by atoms with Crippen molar-refractivity contribution in [1.82, 2.24) is 5.32 Å². The second-order valence-electron chi connectivity index (χ2n) is 5.66. The van der Waals surface area contributed by atoms with Crippen LogP contribution in [0, 0.1) is 0 Å². The highest BCUT2D eigenvalue weighted by Gasteiger charge is 2.38. The number of unbranched alkanes of at least 4 members (excludes halogenated alkanes) is 6. The molecule has 2 N–H and O–H groups in total. The minimum absolute atomic E-state index is 0.0287. The molecule has 1 aliphatic heterocycles. The Bertz CT molecular complexity index is 211. The van der Waals surface area contributed by atoms with Crippen LogP contribution in [0.3, 0.4) is 0 Å². The van der Waals surface area contributed by atoms with Crippen LogP contribution >= 0.6 is 0 Å². The van der Waals surface area contributed by atoms with Crippen molar-refractivity contribution in [3.05, 3.63) is 0 Å². The first kappa shape index (κ1) is 15.9. The second kappa shape index (κ2) is 8.89. The molecule has 0 spiro atoms. The fourth-order valence-electron chi connectivity index (χ4n) is 2.51. The Morgan fingerprint density at radius 1 is 1.17 bits per heavy atom. The van der Waals surface area contributed by atoms with E-state index in [0.717, 1.165) is 13.0 Å². The fourth-order valence-corrected chi connectivity index (χ4v) is 2.51. The van der Waals surface area contributed by atoms with Gasteiger partial charge in [0.1, 0.15) is 5.60 Å². The van der Waals surface area contributed by atoms with E-state index < -0.39 is 5.60 Å². The van der Waals surface area contributed by atoms with Crippen molar-refractivity contribution in [2.24, 2.45) is 0 Å². The maximum absolute atomic E-state index is 10.3. The number of aliphatic hydroxyl groups is 1. The van der Waals surface area contributed by atoms with Gasteiger partial charge in [-0.1, -0.05) is 45.4 Å². The summed E-state index contributed by atoms with van der Waals surface area (Å²) in [6, 6.07) is 0. The molecule has 1 rings (SSSR count). The molecular formula is C15H31NO2. The third-order valence-corrected chi connectivity index (χ3v) is 4.05. The summed E-state index contributed by atoms with van der Waals surface area (Å²) in [5, 5.41) is 13.6. The van der Waals surface area contributed by atoms with Crippen LogP contribution < -0.4 is 5.32 Å². The molecule has 2 atom stereocenters. The van der Waals surface area contributed by atoms with Gasteiger partial charge in [-0.25, -0.2) is 0 Å². The van der Waals surface area contributed by atoms with Crippen LogP contribution in [0.4, 0.5) is 0 Å². The topological polar surface area (TPSA) is 41.5 Å². The van der Waals surface area contributed by atoms with Crippen molar-refractivity contribution in [1.29, 1.82) is 0 Å². The van der Waals surface area contributed by atoms with Crippen molar-refractivity contribution in [2.75, 3.05) is 19.7 Å². The van der Waals surface area contributed by atoms with Crippen LogP contribution in [-0.4, -0.2) is 36.5 Å². The molecule has 0 aromatic rings. The van der Waals surface area contributed by atoms with E-state index in [1.165, 1.54) is 44.9 Å². The molecule has 2 unspecified atom stereocenters. The number of ether oxygens (including phenoxy) is 1. The molecule has 3 nitrogen and oxygen atoms in total. The lowest BCUT2D eigenvalue weighted by Gasteiger charge is -2.26. The minimum Gasteiger partial charge on any atom is -0.386 e. The van der Waals surface area contributed by atoms with Crippen LogP contribution in [0.25, 0.3) is 0 Å². The van der Waals surface area contributed by atoms with Crippen LogP contribution in [0.1, 0.15) is 65.2 Å². The molecule has 1 heterocycles. The summed E-state index contributed by atoms with van der Waals surface area (Å²) >= 11 is 0. The molecule has 0 amide bonds. The van der Waals surface area contributed by atoms with Gasteiger partial charge in [0, 0.05) is 19.6 Å². The summed E-state index contributed by atoms with van der Waals surface area (Å²) in [6.45, 7) is 6.59. The minimum atomic E-state index is -0.638. The van der Waals surface area contributed by atoms with E-state index in [2.05, 4.69) is 12.2 Å². The van der Waals surface area contributed by atoms with Gasteiger partial charge < -0.3 is 15.2 Å². The first-order valence-electron chi connectivity index (χ1n) is 7.74. The molecule has 108 valence electrons. The molecule has 0 aromatic carbocycles. The van der Waals surface area contributed by atoms with Gasteiger partial charge in [-0.05, 0) is 19.9 Å². The standard InChI is InChI=1S/C15H31NO2/c1-3-4-5-6-7-8-9-11-16-13-15(17)10-12-18-14(15)2/h14,16-17H,3-13H2,1-2H3. The van der Waals surface area contributed by atoms with Crippen molar-refractivity contribution in [3.8, 4) is 0 Å². The highest BCUT2D eigenvalue weighted by molar-refractivity contribution is 4.91. The Kier molecular flexibility index (Phi) is 7.87. The molecule has 0 aliphatic carbocycles. The lowest BCUT2D eigenvalue weighted by molar-refractivity contribution is -0.0260. The smallest absolute Gasteiger partial charge is 0.105 e. The van der Waals surface area contributed by atoms with E-state index >= 15 is 0 Å². The molecule has 0 saturated carbocycles. The van der Waals surface area contributed by atoms with Crippen LogP contribution in [0.2, 0.25) is 0 Å². The first-order valence-corrected chi connectivity index (χ1v) is 7.74. The van der Waals surface area contributed by atoms with E-state index in [1.54, 1.807) is 0 Å². The van der Waals surface area contributed by atoms with E-state index in [9.17, 15) is 5.11 Å². The molecule has 1 aliphatic rings. The highest BCUT2D eigenvalue weighted by Crippen LogP contribution is 2.24. The highest BCUT2D eigenvalue weighted by atomic mass is 16.5. The molecule has 3 heteroatoms. The van der Waals surface area contributed by atoms with Gasteiger partial charge in [-0.2, -0.15) is 0 Å². The van der Waals surface area contributed by atoms with Crippen LogP contribution in [0.5, 0.6) is 0 Å². The third kappa shape index (κ3) is 5.68. The quantitative estimate of drug-likeness (QED) is 0.591. The predicted octanol–water partition coefficient (Wildman–Crippen LogP) is 2.87. The van der Waals surface area contributed by atoms with E-state index in [-0.39, 0.29) is 6.10 Å². The van der Waals surface area contributed by atoms with Crippen molar-refractivity contribution in [3.63, 3.8) is 0 Å². The summed E-state index contributed by atoms with van der Waals surface area (Å²) in [5.41, 5.74) is -0.638. The molecular weight excluding hydrogens is 226 g/mol. The summed E-state index contributed by atoms with van der Waals surface area (Å²) < 4.78 is 5.41. The number of hydrogen-bond acceptors (Lipinski definition) is 3. The van der Waals surface area contributed by atoms with Crippen molar-refractivity contribution in [2.45, 2.75) is 76.9 Å². The normalized spacial score (nSPS) is 27.8. The predicted molar refractivity (Wildman–Crippen MR) is 75.8 cm³/mol. The van der Waals surface area contributed by atoms with Gasteiger partial charge in [-0.15, -0.1) is 0 Å². The molecule has 18 heavy (non-hydrogen) atoms. The average molecular weight is 257 g/mol. The van der Waals surface area contributed by atoms with Crippen molar-refractivity contribution >= 4 is 0 Å². The van der Waals surface area contributed by atoms with E-state index in [1.807, 2.05) is 6.92 Å². The van der Waals surface area contributed by atoms with Gasteiger partial charge >= 0.3 is 0 Å². The number of nitrogens with one attached hydrogen (secondary N) is 1. The summed E-state index contributed by atoms with van der Waals surface area (Å²) in [5.74, 6) is 0. The summed E-state index contributed by atoms with van der Waals surface area (Å²) in [7, 11) is 0. The lowest BCUT2D eigenvalue weighted by Crippen LogP contribution is -2.46. The van der Waals surface area contributed by atoms with Gasteiger partial charge in [-0.3, -0.25) is 0 Å². The molecule has 0 bridgehead atoms. The van der Waals surface area contributed by atoms with Crippen LogP contribution in [-0.2, 0) is 4.74 Å². The molecule has 1 saturated heterocycles. The zero-order valence-corrected chi connectivity index (χ0v) is 12.2. The molecule has 0 radical (unpaired) electrons. The third-order valence-electron chi connectivity index (χ3n) is 4.05. The Hall–Kier alpha value is -0.120. The SMILES string of the molecule is CCCCCCCCCNCC1(O)CCOC1C. The maximum atomic E-state index is 10.3. The monoisotopic (exact) mass is 257 g/mol. The van der Waals surface area contributed by atoms with Crippen LogP contribution in [0.15, 0.2) is 0 Å². The second-order valence-corrected chi connectivity index (χ2v) is 5.66.